The Balaban J connectivity index is 2.08. The topological polar surface area (TPSA) is 134 Å². The van der Waals surface area contributed by atoms with Crippen molar-refractivity contribution in [1.29, 1.82) is 0 Å². The lowest BCUT2D eigenvalue weighted by molar-refractivity contribution is -0.135. The van der Waals surface area contributed by atoms with Crippen LogP contribution in [-0.4, -0.2) is 28.9 Å². The van der Waals surface area contributed by atoms with Gasteiger partial charge in [-0.2, -0.15) is 0 Å². The highest BCUT2D eigenvalue weighted by Gasteiger charge is 2.49. The van der Waals surface area contributed by atoms with Gasteiger partial charge in [0, 0.05) is 24.3 Å². The lowest BCUT2D eigenvalue weighted by atomic mass is 9.68. The minimum absolute atomic E-state index is 0.108. The van der Waals surface area contributed by atoms with Crippen molar-refractivity contribution in [3.63, 3.8) is 0 Å². The van der Waals surface area contributed by atoms with Crippen LogP contribution in [0.3, 0.4) is 0 Å². The van der Waals surface area contributed by atoms with Crippen molar-refractivity contribution in [2.45, 2.75) is 77.2 Å². The van der Waals surface area contributed by atoms with Crippen LogP contribution in [0.4, 0.5) is 0 Å². The summed E-state index contributed by atoms with van der Waals surface area (Å²) in [6.45, 7) is 6.14. The van der Waals surface area contributed by atoms with Gasteiger partial charge in [-0.1, -0.05) is 64.1 Å². The molecule has 2 amide bonds. The molecule has 1 aliphatic carbocycles. The molecule has 33 heavy (non-hydrogen) atoms. The first-order chi connectivity index (χ1) is 15.8. The predicted molar refractivity (Wildman–Crippen MR) is 132 cm³/mol. The van der Waals surface area contributed by atoms with E-state index < -0.39 is 11.4 Å². The van der Waals surface area contributed by atoms with Crippen LogP contribution in [0.5, 0.6) is 0 Å². The van der Waals surface area contributed by atoms with Gasteiger partial charge < -0.3 is 11.1 Å². The number of primary amides is 1. The molecule has 2 atom stereocenters. The Kier molecular flexibility index (Phi) is 8.32. The molecule has 178 valence electrons. The van der Waals surface area contributed by atoms with Crippen LogP contribution < -0.4 is 11.1 Å². The number of benzene rings is 1. The van der Waals surface area contributed by atoms with Gasteiger partial charge in [0.1, 0.15) is 5.54 Å². The van der Waals surface area contributed by atoms with Crippen LogP contribution in [-0.2, 0) is 16.0 Å². The van der Waals surface area contributed by atoms with Gasteiger partial charge in [0.05, 0.1) is 15.2 Å². The van der Waals surface area contributed by atoms with E-state index in [1.165, 1.54) is 16.9 Å². The van der Waals surface area contributed by atoms with Gasteiger partial charge in [0.25, 0.3) is 0 Å². The van der Waals surface area contributed by atoms with Gasteiger partial charge >= 0.3 is 0 Å². The van der Waals surface area contributed by atoms with Gasteiger partial charge in [0.2, 0.25) is 11.8 Å². The molecule has 0 saturated heterocycles. The minimum atomic E-state index is -1.36. The zero-order valence-corrected chi connectivity index (χ0v) is 20.5. The van der Waals surface area contributed by atoms with E-state index in [1.54, 1.807) is 6.92 Å². The SMILES string of the molecule is CCC(=O)NC(Cc1nc2ccc(C(C)C)cc2s1)(C(N)=O)[C@H](CN=[N+]=[N-])C1CCCCC1. The predicted octanol–water partition coefficient (Wildman–Crippen LogP) is 5.22. The van der Waals surface area contributed by atoms with Crippen molar-refractivity contribution < 1.29 is 9.59 Å². The molecule has 0 bridgehead atoms. The van der Waals surface area contributed by atoms with Crippen LogP contribution in [0, 0.1) is 11.8 Å². The zero-order chi connectivity index (χ0) is 24.0. The number of carbonyl (C=O) groups excluding carboxylic acids is 2. The van der Waals surface area contributed by atoms with E-state index in [-0.39, 0.29) is 37.1 Å². The first-order valence-corrected chi connectivity index (χ1v) is 12.6. The molecule has 2 aromatic rings. The number of amides is 2. The van der Waals surface area contributed by atoms with Crippen LogP contribution in [0.1, 0.15) is 75.8 Å². The Morgan fingerprint density at radius 3 is 2.67 bits per heavy atom. The molecule has 1 aromatic heterocycles. The first kappa shape index (κ1) is 25.0. The average molecular weight is 471 g/mol. The highest BCUT2D eigenvalue weighted by atomic mass is 32.1. The lowest BCUT2D eigenvalue weighted by Crippen LogP contribution is -2.65. The Morgan fingerprint density at radius 2 is 2.06 bits per heavy atom. The average Bonchev–Trinajstić information content (AvgIpc) is 3.20. The van der Waals surface area contributed by atoms with E-state index in [1.807, 2.05) is 6.07 Å². The van der Waals surface area contributed by atoms with Crippen molar-refractivity contribution in [3.05, 3.63) is 39.2 Å². The summed E-state index contributed by atoms with van der Waals surface area (Å²) < 4.78 is 1.04. The molecule has 8 nitrogen and oxygen atoms in total. The van der Waals surface area contributed by atoms with E-state index in [0.29, 0.717) is 5.92 Å². The number of nitrogens with one attached hydrogen (secondary N) is 1. The molecular weight excluding hydrogens is 436 g/mol. The second kappa shape index (κ2) is 11.0. The van der Waals surface area contributed by atoms with E-state index in [4.69, 9.17) is 16.2 Å². The van der Waals surface area contributed by atoms with Crippen LogP contribution in [0.25, 0.3) is 20.7 Å². The normalized spacial score (nSPS) is 17.3. The molecule has 1 saturated carbocycles. The van der Waals surface area contributed by atoms with Crippen molar-refractivity contribution in [2.75, 3.05) is 6.54 Å². The van der Waals surface area contributed by atoms with Gasteiger partial charge in [-0.15, -0.1) is 11.3 Å². The third-order valence-corrected chi connectivity index (χ3v) is 7.89. The molecule has 1 heterocycles. The van der Waals surface area contributed by atoms with E-state index >= 15 is 0 Å². The maximum absolute atomic E-state index is 13.1. The summed E-state index contributed by atoms with van der Waals surface area (Å²) >= 11 is 1.52. The summed E-state index contributed by atoms with van der Waals surface area (Å²) in [4.78, 5) is 33.5. The smallest absolute Gasteiger partial charge is 0.243 e. The summed E-state index contributed by atoms with van der Waals surface area (Å²) in [7, 11) is 0. The minimum Gasteiger partial charge on any atom is -0.368 e. The zero-order valence-electron chi connectivity index (χ0n) is 19.7. The number of fused-ring (bicyclic) bond motifs is 1. The molecule has 0 radical (unpaired) electrons. The largest absolute Gasteiger partial charge is 0.368 e. The van der Waals surface area contributed by atoms with Crippen molar-refractivity contribution >= 4 is 33.4 Å². The van der Waals surface area contributed by atoms with Crippen molar-refractivity contribution in [2.24, 2.45) is 22.7 Å². The van der Waals surface area contributed by atoms with Gasteiger partial charge in [0.15, 0.2) is 0 Å². The summed E-state index contributed by atoms with van der Waals surface area (Å²) in [5.41, 5.74) is 15.8. The number of aromatic nitrogens is 1. The highest BCUT2D eigenvalue weighted by Crippen LogP contribution is 2.39. The number of hydrogen-bond donors (Lipinski definition) is 2. The lowest BCUT2D eigenvalue weighted by Gasteiger charge is -2.43. The van der Waals surface area contributed by atoms with Crippen LogP contribution in [0.2, 0.25) is 0 Å². The van der Waals surface area contributed by atoms with Gasteiger partial charge in [-0.3, -0.25) is 9.59 Å². The monoisotopic (exact) mass is 470 g/mol. The fourth-order valence-corrected chi connectivity index (χ4v) is 6.08. The maximum atomic E-state index is 13.1. The number of nitrogens with zero attached hydrogens (tertiary/aromatic N) is 4. The number of azide groups is 1. The van der Waals surface area contributed by atoms with E-state index in [2.05, 4.69) is 41.3 Å². The number of carbonyl (C=O) groups is 2. The third-order valence-electron chi connectivity index (χ3n) is 6.87. The maximum Gasteiger partial charge on any atom is 0.243 e. The third kappa shape index (κ3) is 5.65. The Bertz CT molecular complexity index is 1040. The molecule has 1 fully saturated rings. The first-order valence-electron chi connectivity index (χ1n) is 11.8. The summed E-state index contributed by atoms with van der Waals surface area (Å²) in [5.74, 6) is -0.710. The van der Waals surface area contributed by atoms with E-state index in [0.717, 1.165) is 47.3 Å². The number of thiazole rings is 1. The molecular formula is C24H34N6O2S. The molecule has 1 unspecified atom stereocenters. The van der Waals surface area contributed by atoms with E-state index in [9.17, 15) is 9.59 Å². The van der Waals surface area contributed by atoms with Gasteiger partial charge in [-0.25, -0.2) is 4.98 Å². The number of hydrogen-bond acceptors (Lipinski definition) is 5. The Hall–Kier alpha value is -2.64. The molecule has 1 aromatic carbocycles. The molecule has 3 N–H and O–H groups in total. The highest BCUT2D eigenvalue weighted by molar-refractivity contribution is 7.18. The standard InChI is InChI=1S/C24H34N6O2S/c1-4-21(31)29-24(23(25)32,18(14-27-30-26)16-8-6-5-7-9-16)13-22-28-19-11-10-17(15(2)3)12-20(19)33-22/h10-12,15-16,18H,4-9,13-14H2,1-3H3,(H2,25,32)(H,29,31)/t18-,24?/m1/s1. The van der Waals surface area contributed by atoms with Crippen LogP contribution >= 0.6 is 11.3 Å². The molecule has 9 heteroatoms. The number of nitrogens with two attached hydrogens (primary N) is 1. The van der Waals surface area contributed by atoms with Gasteiger partial charge in [-0.05, 0) is 41.0 Å². The van der Waals surface area contributed by atoms with Crippen molar-refractivity contribution in [1.82, 2.24) is 10.3 Å². The Morgan fingerprint density at radius 1 is 1.33 bits per heavy atom. The van der Waals surface area contributed by atoms with Crippen LogP contribution in [0.15, 0.2) is 23.3 Å². The second-order valence-corrected chi connectivity index (χ2v) is 10.4. The van der Waals surface area contributed by atoms with Crippen molar-refractivity contribution in [3.8, 4) is 0 Å². The Labute approximate surface area is 199 Å². The number of rotatable bonds is 10. The fraction of sp³-hybridized carbons (Fsp3) is 0.625. The second-order valence-electron chi connectivity index (χ2n) is 9.32. The molecule has 1 aliphatic rings. The molecule has 3 rings (SSSR count). The quantitative estimate of drug-likeness (QED) is 0.280. The summed E-state index contributed by atoms with van der Waals surface area (Å²) in [6, 6.07) is 6.21. The summed E-state index contributed by atoms with van der Waals surface area (Å²) in [5, 5.41) is 7.57. The molecule has 0 spiro atoms. The molecule has 0 aliphatic heterocycles. The summed E-state index contributed by atoms with van der Waals surface area (Å²) in [6.07, 6.45) is 5.49. The fourth-order valence-electron chi connectivity index (χ4n) is 4.97.